The maximum atomic E-state index is 13.9. The lowest BCUT2D eigenvalue weighted by molar-refractivity contribution is 0.364. The summed E-state index contributed by atoms with van der Waals surface area (Å²) >= 11 is 2.04. The number of anilines is 1. The Bertz CT molecular complexity index is 603. The van der Waals surface area contributed by atoms with E-state index in [9.17, 15) is 8.78 Å². The van der Waals surface area contributed by atoms with Gasteiger partial charge in [0.25, 0.3) is 0 Å². The second-order valence-corrected chi connectivity index (χ2v) is 7.78. The maximum Gasteiger partial charge on any atom is 0.193 e. The fourth-order valence-electron chi connectivity index (χ4n) is 3.41. The van der Waals surface area contributed by atoms with Gasteiger partial charge in [-0.15, -0.1) is 24.0 Å². The molecule has 8 heteroatoms. The van der Waals surface area contributed by atoms with Crippen molar-refractivity contribution in [2.75, 3.05) is 56.2 Å². The number of thioether (sulfide) groups is 1. The molecule has 2 aliphatic rings. The van der Waals surface area contributed by atoms with Gasteiger partial charge in [0.05, 0.1) is 5.69 Å². The standard InChI is InChI=1S/C18H26F2N4S.HI/c1-21-18(22-13-14-4-10-25-11-5-14)24-8-6-23(7-9-24)17-12-15(19)2-3-16(17)20;/h2-3,12,14H,4-11,13H2,1H3,(H,21,22);1H. The minimum atomic E-state index is -0.401. The number of hydrogen-bond donors (Lipinski definition) is 1. The first-order valence-electron chi connectivity index (χ1n) is 8.90. The van der Waals surface area contributed by atoms with Gasteiger partial charge in [-0.05, 0) is 42.4 Å². The number of piperazine rings is 1. The highest BCUT2D eigenvalue weighted by Crippen LogP contribution is 2.23. The third-order valence-electron chi connectivity index (χ3n) is 4.93. The van der Waals surface area contributed by atoms with Crippen molar-refractivity contribution in [3.8, 4) is 0 Å². The molecule has 2 heterocycles. The zero-order valence-electron chi connectivity index (χ0n) is 15.1. The van der Waals surface area contributed by atoms with Crippen molar-refractivity contribution in [1.29, 1.82) is 0 Å². The van der Waals surface area contributed by atoms with Crippen molar-refractivity contribution in [3.63, 3.8) is 0 Å². The molecule has 0 saturated carbocycles. The fourth-order valence-corrected chi connectivity index (χ4v) is 4.61. The zero-order valence-corrected chi connectivity index (χ0v) is 18.2. The lowest BCUT2D eigenvalue weighted by atomic mass is 10.0. The van der Waals surface area contributed by atoms with E-state index in [-0.39, 0.29) is 29.8 Å². The summed E-state index contributed by atoms with van der Waals surface area (Å²) in [6.07, 6.45) is 2.53. The van der Waals surface area contributed by atoms with Crippen molar-refractivity contribution in [2.45, 2.75) is 12.8 Å². The highest BCUT2D eigenvalue weighted by atomic mass is 127. The predicted molar refractivity (Wildman–Crippen MR) is 117 cm³/mol. The second kappa shape index (κ2) is 10.5. The normalized spacial score (nSPS) is 19.3. The Balaban J connectivity index is 0.00000243. The number of hydrogen-bond acceptors (Lipinski definition) is 3. The van der Waals surface area contributed by atoms with Crippen LogP contribution in [-0.2, 0) is 0 Å². The zero-order chi connectivity index (χ0) is 17.6. The molecule has 2 fully saturated rings. The number of halogens is 3. The lowest BCUT2D eigenvalue weighted by Crippen LogP contribution is -2.53. The van der Waals surface area contributed by atoms with Gasteiger partial charge in [-0.1, -0.05) is 0 Å². The van der Waals surface area contributed by atoms with Gasteiger partial charge in [0.2, 0.25) is 0 Å². The van der Waals surface area contributed by atoms with Crippen molar-refractivity contribution in [3.05, 3.63) is 29.8 Å². The molecule has 0 unspecified atom stereocenters. The highest BCUT2D eigenvalue weighted by molar-refractivity contribution is 14.0. The lowest BCUT2D eigenvalue weighted by Gasteiger charge is -2.38. The van der Waals surface area contributed by atoms with E-state index in [0.29, 0.717) is 18.8 Å². The molecule has 1 N–H and O–H groups in total. The highest BCUT2D eigenvalue weighted by Gasteiger charge is 2.23. The Labute approximate surface area is 175 Å². The molecule has 3 rings (SSSR count). The van der Waals surface area contributed by atoms with Crippen LogP contribution in [0.2, 0.25) is 0 Å². The summed E-state index contributed by atoms with van der Waals surface area (Å²) in [7, 11) is 1.80. The Kier molecular flexibility index (Phi) is 8.72. The van der Waals surface area contributed by atoms with Crippen molar-refractivity contribution < 1.29 is 8.78 Å². The Morgan fingerprint density at radius 2 is 1.88 bits per heavy atom. The molecule has 0 aliphatic carbocycles. The molecule has 0 amide bonds. The van der Waals surface area contributed by atoms with E-state index in [0.717, 1.165) is 37.6 Å². The summed E-state index contributed by atoms with van der Waals surface area (Å²) < 4.78 is 27.3. The molecule has 4 nitrogen and oxygen atoms in total. The number of guanidine groups is 1. The monoisotopic (exact) mass is 496 g/mol. The van der Waals surface area contributed by atoms with Gasteiger partial charge in [0.1, 0.15) is 11.6 Å². The smallest absolute Gasteiger partial charge is 0.193 e. The van der Waals surface area contributed by atoms with Gasteiger partial charge in [-0.3, -0.25) is 4.99 Å². The average molecular weight is 496 g/mol. The SMILES string of the molecule is CN=C(NCC1CCSCC1)N1CCN(c2cc(F)ccc2F)CC1.I. The molecule has 0 spiro atoms. The molecule has 0 atom stereocenters. The molecule has 2 saturated heterocycles. The Morgan fingerprint density at radius 1 is 1.19 bits per heavy atom. The summed E-state index contributed by atoms with van der Waals surface area (Å²) in [5.41, 5.74) is 0.349. The minimum absolute atomic E-state index is 0. The third-order valence-corrected chi connectivity index (χ3v) is 5.98. The predicted octanol–water partition coefficient (Wildman–Crippen LogP) is 3.42. The van der Waals surface area contributed by atoms with Crippen LogP contribution in [0.15, 0.2) is 23.2 Å². The summed E-state index contributed by atoms with van der Waals surface area (Å²) in [5, 5.41) is 3.50. The summed E-state index contributed by atoms with van der Waals surface area (Å²) in [4.78, 5) is 8.50. The first-order chi connectivity index (χ1) is 12.2. The van der Waals surface area contributed by atoms with Crippen molar-refractivity contribution in [2.24, 2.45) is 10.9 Å². The molecule has 0 aromatic heterocycles. The van der Waals surface area contributed by atoms with Crippen molar-refractivity contribution >= 4 is 47.4 Å². The van der Waals surface area contributed by atoms with Gasteiger partial charge in [0.15, 0.2) is 5.96 Å². The van der Waals surface area contributed by atoms with Crippen LogP contribution in [0.25, 0.3) is 0 Å². The second-order valence-electron chi connectivity index (χ2n) is 6.55. The van der Waals surface area contributed by atoms with E-state index >= 15 is 0 Å². The number of rotatable bonds is 3. The number of nitrogens with zero attached hydrogens (tertiary/aromatic N) is 3. The van der Waals surface area contributed by atoms with Crippen LogP contribution in [0.5, 0.6) is 0 Å². The van der Waals surface area contributed by atoms with E-state index < -0.39 is 5.82 Å². The van der Waals surface area contributed by atoms with E-state index in [1.54, 1.807) is 7.05 Å². The van der Waals surface area contributed by atoms with Crippen LogP contribution in [0.4, 0.5) is 14.5 Å². The largest absolute Gasteiger partial charge is 0.366 e. The average Bonchev–Trinajstić information content (AvgIpc) is 2.66. The van der Waals surface area contributed by atoms with Gasteiger partial charge in [-0.25, -0.2) is 8.78 Å². The third kappa shape index (κ3) is 5.61. The molecule has 1 aromatic rings. The van der Waals surface area contributed by atoms with Crippen LogP contribution in [-0.4, -0.2) is 62.1 Å². The summed E-state index contributed by atoms with van der Waals surface area (Å²) in [6.45, 7) is 3.76. The molecular weight excluding hydrogens is 469 g/mol. The van der Waals surface area contributed by atoms with Crippen LogP contribution >= 0.6 is 35.7 Å². The first-order valence-corrected chi connectivity index (χ1v) is 10.1. The van der Waals surface area contributed by atoms with E-state index in [1.807, 2.05) is 16.7 Å². The Hall–Kier alpha value is -0.770. The molecule has 0 bridgehead atoms. The number of benzene rings is 1. The number of nitrogens with one attached hydrogen (secondary N) is 1. The Morgan fingerprint density at radius 3 is 2.54 bits per heavy atom. The first kappa shape index (κ1) is 21.5. The van der Waals surface area contributed by atoms with Crippen LogP contribution in [0.3, 0.4) is 0 Å². The minimum Gasteiger partial charge on any atom is -0.366 e. The molecule has 1 aromatic carbocycles. The number of aliphatic imine (C=N–C) groups is 1. The van der Waals surface area contributed by atoms with Gasteiger partial charge in [-0.2, -0.15) is 11.8 Å². The summed E-state index contributed by atoms with van der Waals surface area (Å²) in [5.74, 6) is 3.37. The quantitative estimate of drug-likeness (QED) is 0.395. The van der Waals surface area contributed by atoms with Gasteiger partial charge >= 0.3 is 0 Å². The molecule has 2 aliphatic heterocycles. The van der Waals surface area contributed by atoms with E-state index in [2.05, 4.69) is 15.2 Å². The van der Waals surface area contributed by atoms with E-state index in [4.69, 9.17) is 0 Å². The van der Waals surface area contributed by atoms with Crippen LogP contribution < -0.4 is 10.2 Å². The van der Waals surface area contributed by atoms with Gasteiger partial charge in [0, 0.05) is 45.8 Å². The molecular formula is C18H27F2IN4S. The molecule has 26 heavy (non-hydrogen) atoms. The summed E-state index contributed by atoms with van der Waals surface area (Å²) in [6, 6.07) is 3.63. The van der Waals surface area contributed by atoms with Crippen molar-refractivity contribution in [1.82, 2.24) is 10.2 Å². The van der Waals surface area contributed by atoms with Crippen LogP contribution in [0.1, 0.15) is 12.8 Å². The molecule has 146 valence electrons. The van der Waals surface area contributed by atoms with Crippen LogP contribution in [0, 0.1) is 17.6 Å². The fraction of sp³-hybridized carbons (Fsp3) is 0.611. The molecule has 0 radical (unpaired) electrons. The topological polar surface area (TPSA) is 30.9 Å². The van der Waals surface area contributed by atoms with Gasteiger partial charge < -0.3 is 15.1 Å². The van der Waals surface area contributed by atoms with E-state index in [1.165, 1.54) is 36.5 Å². The maximum absolute atomic E-state index is 13.9.